The number of amides is 3. The fraction of sp³-hybridized carbons (Fsp3) is 0.475. The molecule has 4 atom stereocenters. The molecule has 16 heteroatoms. The van der Waals surface area contributed by atoms with E-state index < -0.39 is 45.3 Å². The molecule has 0 aliphatic carbocycles. The molecule has 0 saturated carbocycles. The predicted molar refractivity (Wildman–Crippen MR) is 209 cm³/mol. The molecule has 2 aromatic rings. The fourth-order valence-electron chi connectivity index (χ4n) is 6.29. The number of hydrogen-bond donors (Lipinski definition) is 2. The largest absolute Gasteiger partial charge is 0.493 e. The Bertz CT molecular complexity index is 1710. The first kappa shape index (κ1) is 45.0. The van der Waals surface area contributed by atoms with E-state index in [-0.39, 0.29) is 72.1 Å². The standard InChI is InChI=1S/C40H54N3O12Si/c1-10-21-51-33(44)19-18-29(37(46)52-22-11-2)42-39(48)53-26-16-14-25(15-17-26)34(54-38(41)47)27-23-31(49-6)32(50-7)24-28(27)36(45)43-20-12-13-30(43)35(40(3,4)5)55-56(8)9/h10-11,14-17,23-24,29-30,34-35H,1-2,12-13,18-22H2,3-9H3,(H2,41,47)(H,42,48). The summed E-state index contributed by atoms with van der Waals surface area (Å²) in [6, 6.07) is 7.60. The third kappa shape index (κ3) is 12.6. The van der Waals surface area contributed by atoms with E-state index in [1.807, 2.05) is 4.90 Å². The molecular formula is C40H54N3O12Si. The smallest absolute Gasteiger partial charge is 0.413 e. The quantitative estimate of drug-likeness (QED) is 0.0745. The molecule has 4 unspecified atom stereocenters. The van der Waals surface area contributed by atoms with Crippen molar-refractivity contribution in [1.29, 1.82) is 0 Å². The molecule has 0 spiro atoms. The Morgan fingerprint density at radius 2 is 1.61 bits per heavy atom. The van der Waals surface area contributed by atoms with Crippen molar-refractivity contribution >= 4 is 39.1 Å². The first-order valence-electron chi connectivity index (χ1n) is 18.2. The molecule has 0 bridgehead atoms. The number of nitrogens with zero attached hydrogens (tertiary/aromatic N) is 1. The summed E-state index contributed by atoms with van der Waals surface area (Å²) in [5.41, 5.74) is 6.18. The van der Waals surface area contributed by atoms with Gasteiger partial charge in [-0.15, -0.1) is 0 Å². The number of carbonyl (C=O) groups is 5. The van der Waals surface area contributed by atoms with Crippen molar-refractivity contribution < 1.29 is 56.8 Å². The van der Waals surface area contributed by atoms with Crippen molar-refractivity contribution in [2.75, 3.05) is 34.0 Å². The van der Waals surface area contributed by atoms with Gasteiger partial charge in [-0.05, 0) is 67.6 Å². The van der Waals surface area contributed by atoms with Crippen LogP contribution in [0.4, 0.5) is 9.59 Å². The number of methoxy groups -OCH3 is 2. The molecule has 1 aliphatic rings. The van der Waals surface area contributed by atoms with Gasteiger partial charge in [0.2, 0.25) is 9.04 Å². The van der Waals surface area contributed by atoms with Crippen LogP contribution < -0.4 is 25.3 Å². The predicted octanol–water partition coefficient (Wildman–Crippen LogP) is 5.87. The third-order valence-corrected chi connectivity index (χ3v) is 9.47. The van der Waals surface area contributed by atoms with E-state index in [9.17, 15) is 24.0 Å². The van der Waals surface area contributed by atoms with Crippen LogP contribution in [0.3, 0.4) is 0 Å². The molecule has 2 aromatic carbocycles. The number of esters is 2. The Labute approximate surface area is 330 Å². The van der Waals surface area contributed by atoms with E-state index in [4.69, 9.17) is 38.6 Å². The summed E-state index contributed by atoms with van der Waals surface area (Å²) in [7, 11) is 1.79. The van der Waals surface area contributed by atoms with Crippen molar-refractivity contribution in [3.63, 3.8) is 0 Å². The first-order valence-corrected chi connectivity index (χ1v) is 20.6. The molecular weight excluding hydrogens is 743 g/mol. The summed E-state index contributed by atoms with van der Waals surface area (Å²) in [5, 5.41) is 2.42. The SMILES string of the molecule is C=CCOC(=O)CCC(NC(=O)Oc1ccc(C(OC(N)=O)c2cc(OC)c(OC)cc2C(=O)N2CCCC2C(O[Si](C)C)C(C)(C)C)cc1)C(=O)OCC=C. The van der Waals surface area contributed by atoms with Crippen molar-refractivity contribution in [3.8, 4) is 17.2 Å². The number of rotatable bonds is 19. The maximum atomic E-state index is 14.7. The van der Waals surface area contributed by atoms with Gasteiger partial charge < -0.3 is 48.8 Å². The van der Waals surface area contributed by atoms with Crippen LogP contribution >= 0.6 is 0 Å². The highest BCUT2D eigenvalue weighted by Crippen LogP contribution is 2.40. The van der Waals surface area contributed by atoms with E-state index in [0.717, 1.165) is 12.8 Å². The molecule has 56 heavy (non-hydrogen) atoms. The van der Waals surface area contributed by atoms with Crippen molar-refractivity contribution in [2.24, 2.45) is 11.1 Å². The highest BCUT2D eigenvalue weighted by molar-refractivity contribution is 6.48. The summed E-state index contributed by atoms with van der Waals surface area (Å²) in [4.78, 5) is 66.4. The minimum absolute atomic E-state index is 0.00363. The Morgan fingerprint density at radius 1 is 0.982 bits per heavy atom. The van der Waals surface area contributed by atoms with Gasteiger partial charge in [0.1, 0.15) is 25.0 Å². The Hall–Kier alpha value is -5.35. The van der Waals surface area contributed by atoms with Crippen molar-refractivity contribution in [1.82, 2.24) is 10.2 Å². The monoisotopic (exact) mass is 796 g/mol. The zero-order valence-corrected chi connectivity index (χ0v) is 34.2. The van der Waals surface area contributed by atoms with Gasteiger partial charge in [-0.3, -0.25) is 9.59 Å². The Morgan fingerprint density at radius 3 is 2.18 bits per heavy atom. The summed E-state index contributed by atoms with van der Waals surface area (Å²) >= 11 is 0. The number of carbonyl (C=O) groups excluding carboxylic acids is 5. The minimum atomic E-state index is -1.24. The molecule has 15 nitrogen and oxygen atoms in total. The van der Waals surface area contributed by atoms with E-state index in [1.165, 1.54) is 50.6 Å². The lowest BCUT2D eigenvalue weighted by atomic mass is 9.83. The molecule has 1 heterocycles. The van der Waals surface area contributed by atoms with Crippen molar-refractivity contribution in [2.45, 2.75) is 83.8 Å². The van der Waals surface area contributed by atoms with Crippen LogP contribution in [0.1, 0.15) is 74.0 Å². The van der Waals surface area contributed by atoms with E-state index >= 15 is 0 Å². The van der Waals surface area contributed by atoms with Crippen LogP contribution in [0.5, 0.6) is 17.2 Å². The summed E-state index contributed by atoms with van der Waals surface area (Å²) in [6.07, 6.45) is 0.422. The van der Waals surface area contributed by atoms with Gasteiger partial charge >= 0.3 is 24.1 Å². The van der Waals surface area contributed by atoms with Gasteiger partial charge in [0, 0.05) is 18.5 Å². The lowest BCUT2D eigenvalue weighted by molar-refractivity contribution is -0.146. The minimum Gasteiger partial charge on any atom is -0.493 e. The van der Waals surface area contributed by atoms with E-state index in [0.29, 0.717) is 17.9 Å². The third-order valence-electron chi connectivity index (χ3n) is 8.74. The Kier molecular flexibility index (Phi) is 17.0. The van der Waals surface area contributed by atoms with Crippen LogP contribution in [-0.4, -0.2) is 96.1 Å². The molecule has 3 amide bonds. The lowest BCUT2D eigenvalue weighted by Crippen LogP contribution is -2.50. The highest BCUT2D eigenvalue weighted by Gasteiger charge is 2.43. The zero-order valence-electron chi connectivity index (χ0n) is 33.2. The zero-order chi connectivity index (χ0) is 41.6. The van der Waals surface area contributed by atoms with Crippen LogP contribution in [0.15, 0.2) is 61.7 Å². The van der Waals surface area contributed by atoms with Gasteiger partial charge in [0.25, 0.3) is 5.91 Å². The maximum Gasteiger partial charge on any atom is 0.413 e. The number of primary amides is 1. The van der Waals surface area contributed by atoms with Gasteiger partial charge in [-0.25, -0.2) is 14.4 Å². The normalized spacial score (nSPS) is 15.5. The average Bonchev–Trinajstić information content (AvgIpc) is 3.64. The molecule has 3 N–H and O–H groups in total. The summed E-state index contributed by atoms with van der Waals surface area (Å²) in [6.45, 7) is 17.8. The van der Waals surface area contributed by atoms with Crippen LogP contribution in [0.2, 0.25) is 13.1 Å². The number of ether oxygens (including phenoxy) is 6. The number of likely N-dealkylation sites (tertiary alicyclic amines) is 1. The number of benzene rings is 2. The molecule has 0 aromatic heterocycles. The average molecular weight is 797 g/mol. The molecule has 1 saturated heterocycles. The number of nitrogens with one attached hydrogen (secondary N) is 1. The molecule has 1 fully saturated rings. The highest BCUT2D eigenvalue weighted by atomic mass is 28.3. The molecule has 1 radical (unpaired) electrons. The van der Waals surface area contributed by atoms with Gasteiger partial charge in [-0.2, -0.15) is 0 Å². The molecule has 3 rings (SSSR count). The van der Waals surface area contributed by atoms with Gasteiger partial charge in [0.15, 0.2) is 17.6 Å². The maximum absolute atomic E-state index is 14.7. The second kappa shape index (κ2) is 21.1. The topological polar surface area (TPSA) is 191 Å². The number of hydrogen-bond acceptors (Lipinski definition) is 12. The lowest BCUT2D eigenvalue weighted by Gasteiger charge is -2.40. The van der Waals surface area contributed by atoms with E-state index in [2.05, 4.69) is 52.3 Å². The summed E-state index contributed by atoms with van der Waals surface area (Å²) in [5.74, 6) is -1.09. The molecule has 1 aliphatic heterocycles. The fourth-order valence-corrected chi connectivity index (χ4v) is 7.31. The van der Waals surface area contributed by atoms with E-state index in [1.54, 1.807) is 12.1 Å². The first-order chi connectivity index (χ1) is 26.5. The number of nitrogens with two attached hydrogens (primary N) is 1. The van der Waals surface area contributed by atoms with Crippen molar-refractivity contribution in [3.05, 3.63) is 78.4 Å². The van der Waals surface area contributed by atoms with Crippen LogP contribution in [-0.2, 0) is 28.2 Å². The summed E-state index contributed by atoms with van der Waals surface area (Å²) < 4.78 is 38.8. The second-order valence-electron chi connectivity index (χ2n) is 14.2. The van der Waals surface area contributed by atoms with Gasteiger partial charge in [0.05, 0.1) is 31.9 Å². The van der Waals surface area contributed by atoms with Crippen LogP contribution in [0, 0.1) is 5.41 Å². The Balaban J connectivity index is 1.97. The van der Waals surface area contributed by atoms with Crippen LogP contribution in [0.25, 0.3) is 0 Å². The second-order valence-corrected chi connectivity index (χ2v) is 16.3. The molecule has 305 valence electrons. The van der Waals surface area contributed by atoms with Gasteiger partial charge in [-0.1, -0.05) is 58.2 Å².